The largest absolute Gasteiger partial charge is 0.495 e. The highest BCUT2D eigenvalue weighted by molar-refractivity contribution is 5.66. The van der Waals surface area contributed by atoms with Crippen molar-refractivity contribution in [2.45, 2.75) is 27.7 Å². The second-order valence-electron chi connectivity index (χ2n) is 6.60. The molecule has 3 aromatic rings. The van der Waals surface area contributed by atoms with Crippen LogP contribution in [0.2, 0.25) is 0 Å². The molecule has 0 fully saturated rings. The zero-order chi connectivity index (χ0) is 19.4. The summed E-state index contributed by atoms with van der Waals surface area (Å²) in [5.74, 6) is 2.18. The Bertz CT molecular complexity index is 939. The smallest absolute Gasteiger partial charge is 0.229 e. The number of aromatic nitrogens is 2. The average molecular weight is 362 g/mol. The van der Waals surface area contributed by atoms with Gasteiger partial charge in [-0.05, 0) is 63.1 Å². The minimum Gasteiger partial charge on any atom is -0.495 e. The number of ether oxygens (including phenoxy) is 1. The van der Waals surface area contributed by atoms with Crippen LogP contribution in [-0.2, 0) is 0 Å². The number of nitrogens with zero attached hydrogens (tertiary/aromatic N) is 3. The van der Waals surface area contributed by atoms with E-state index in [9.17, 15) is 0 Å². The molecule has 1 N–H and O–H groups in total. The van der Waals surface area contributed by atoms with E-state index in [0.717, 1.165) is 40.7 Å². The minimum absolute atomic E-state index is 0.556. The van der Waals surface area contributed by atoms with E-state index in [-0.39, 0.29) is 0 Å². The number of anilines is 4. The molecule has 0 aliphatic heterocycles. The van der Waals surface area contributed by atoms with Crippen molar-refractivity contribution < 1.29 is 4.74 Å². The third-order valence-electron chi connectivity index (χ3n) is 4.35. The highest BCUT2D eigenvalue weighted by atomic mass is 16.5. The number of rotatable bonds is 6. The molecule has 1 aromatic heterocycles. The molecule has 0 atom stereocenters. The zero-order valence-corrected chi connectivity index (χ0v) is 16.6. The van der Waals surface area contributed by atoms with Crippen LogP contribution in [0.5, 0.6) is 5.75 Å². The second-order valence-corrected chi connectivity index (χ2v) is 6.60. The van der Waals surface area contributed by atoms with Crippen LogP contribution < -0.4 is 15.0 Å². The Kier molecular flexibility index (Phi) is 5.60. The molecule has 0 saturated carbocycles. The summed E-state index contributed by atoms with van der Waals surface area (Å²) in [6, 6.07) is 16.4. The first kappa shape index (κ1) is 18.7. The number of benzene rings is 2. The van der Waals surface area contributed by atoms with Crippen LogP contribution in [-0.4, -0.2) is 23.6 Å². The normalized spacial score (nSPS) is 10.6. The van der Waals surface area contributed by atoms with Gasteiger partial charge in [-0.2, -0.15) is 4.98 Å². The molecule has 2 aromatic carbocycles. The lowest BCUT2D eigenvalue weighted by molar-refractivity contribution is 0.416. The van der Waals surface area contributed by atoms with Gasteiger partial charge < -0.3 is 15.0 Å². The second kappa shape index (κ2) is 8.08. The van der Waals surface area contributed by atoms with E-state index in [0.29, 0.717) is 5.95 Å². The molecule has 0 spiro atoms. The van der Waals surface area contributed by atoms with Crippen molar-refractivity contribution in [2.24, 2.45) is 0 Å². The van der Waals surface area contributed by atoms with Gasteiger partial charge in [0.2, 0.25) is 5.95 Å². The maximum atomic E-state index is 5.46. The molecule has 0 bridgehead atoms. The van der Waals surface area contributed by atoms with Gasteiger partial charge in [0.15, 0.2) is 0 Å². The first-order chi connectivity index (χ1) is 13.0. The Morgan fingerprint density at radius 3 is 2.44 bits per heavy atom. The standard InChI is InChI=1S/C22H26N4O/c1-6-26(18-9-7-8-15(2)12-18)21-14-17(4)23-22(25-21)24-19-13-16(3)10-11-20(19)27-5/h7-14H,6H2,1-5H3,(H,23,24,25). The predicted molar refractivity (Wildman–Crippen MR) is 112 cm³/mol. The number of hydrogen-bond donors (Lipinski definition) is 1. The van der Waals surface area contributed by atoms with E-state index in [1.807, 2.05) is 38.1 Å². The molecule has 0 aliphatic carbocycles. The number of methoxy groups -OCH3 is 1. The summed E-state index contributed by atoms with van der Waals surface area (Å²) in [6.45, 7) is 9.06. The van der Waals surface area contributed by atoms with Gasteiger partial charge >= 0.3 is 0 Å². The van der Waals surface area contributed by atoms with Crippen molar-refractivity contribution in [1.29, 1.82) is 0 Å². The van der Waals surface area contributed by atoms with E-state index in [1.54, 1.807) is 7.11 Å². The van der Waals surface area contributed by atoms with Crippen LogP contribution >= 0.6 is 0 Å². The summed E-state index contributed by atoms with van der Waals surface area (Å²) in [4.78, 5) is 11.5. The van der Waals surface area contributed by atoms with Crippen molar-refractivity contribution in [3.63, 3.8) is 0 Å². The van der Waals surface area contributed by atoms with Gasteiger partial charge in [0, 0.05) is 24.0 Å². The summed E-state index contributed by atoms with van der Waals surface area (Å²) in [7, 11) is 1.66. The van der Waals surface area contributed by atoms with E-state index >= 15 is 0 Å². The topological polar surface area (TPSA) is 50.3 Å². The Morgan fingerprint density at radius 1 is 0.963 bits per heavy atom. The molecule has 27 heavy (non-hydrogen) atoms. The molecule has 0 saturated heterocycles. The first-order valence-electron chi connectivity index (χ1n) is 9.11. The van der Waals surface area contributed by atoms with Gasteiger partial charge in [0.25, 0.3) is 0 Å². The molecule has 0 aliphatic rings. The molecule has 1 heterocycles. The highest BCUT2D eigenvalue weighted by Gasteiger charge is 2.13. The van der Waals surface area contributed by atoms with Crippen LogP contribution in [0.4, 0.5) is 23.1 Å². The minimum atomic E-state index is 0.556. The van der Waals surface area contributed by atoms with E-state index < -0.39 is 0 Å². The van der Waals surface area contributed by atoms with Gasteiger partial charge in [-0.3, -0.25) is 0 Å². The maximum Gasteiger partial charge on any atom is 0.229 e. The van der Waals surface area contributed by atoms with Crippen LogP contribution in [0.3, 0.4) is 0 Å². The summed E-state index contributed by atoms with van der Waals surface area (Å²) >= 11 is 0. The Hall–Kier alpha value is -3.08. The van der Waals surface area contributed by atoms with Crippen molar-refractivity contribution >= 4 is 23.1 Å². The van der Waals surface area contributed by atoms with Gasteiger partial charge in [0.1, 0.15) is 11.6 Å². The monoisotopic (exact) mass is 362 g/mol. The Labute approximate surface area is 161 Å². The van der Waals surface area contributed by atoms with Crippen molar-refractivity contribution in [2.75, 3.05) is 23.9 Å². The summed E-state index contributed by atoms with van der Waals surface area (Å²) < 4.78 is 5.46. The third-order valence-corrected chi connectivity index (χ3v) is 4.35. The maximum absolute atomic E-state index is 5.46. The molecule has 140 valence electrons. The SMILES string of the molecule is CCN(c1cccc(C)c1)c1cc(C)nc(Nc2cc(C)ccc2OC)n1. The summed E-state index contributed by atoms with van der Waals surface area (Å²) in [5.41, 5.74) is 5.24. The summed E-state index contributed by atoms with van der Waals surface area (Å²) in [5, 5.41) is 3.31. The van der Waals surface area contributed by atoms with Gasteiger partial charge in [-0.1, -0.05) is 18.2 Å². The lowest BCUT2D eigenvalue weighted by atomic mass is 10.2. The van der Waals surface area contributed by atoms with Crippen LogP contribution in [0.15, 0.2) is 48.5 Å². The molecule has 0 amide bonds. The molecule has 5 nitrogen and oxygen atoms in total. The quantitative estimate of drug-likeness (QED) is 0.644. The third kappa shape index (κ3) is 4.37. The van der Waals surface area contributed by atoms with Gasteiger partial charge in [0.05, 0.1) is 12.8 Å². The number of nitrogens with one attached hydrogen (secondary N) is 1. The van der Waals surface area contributed by atoms with E-state index in [2.05, 4.69) is 53.3 Å². The lowest BCUT2D eigenvalue weighted by Gasteiger charge is -2.23. The average Bonchev–Trinajstić information content (AvgIpc) is 2.62. The number of hydrogen-bond acceptors (Lipinski definition) is 5. The Morgan fingerprint density at radius 2 is 1.74 bits per heavy atom. The molecule has 5 heteroatoms. The Balaban J connectivity index is 1.98. The van der Waals surface area contributed by atoms with Crippen LogP contribution in [0.25, 0.3) is 0 Å². The molecule has 3 rings (SSSR count). The molecular weight excluding hydrogens is 336 g/mol. The van der Waals surface area contributed by atoms with Crippen LogP contribution in [0, 0.1) is 20.8 Å². The summed E-state index contributed by atoms with van der Waals surface area (Å²) in [6.07, 6.45) is 0. The first-order valence-corrected chi connectivity index (χ1v) is 9.11. The lowest BCUT2D eigenvalue weighted by Crippen LogP contribution is -2.18. The fourth-order valence-corrected chi connectivity index (χ4v) is 3.06. The van der Waals surface area contributed by atoms with Gasteiger partial charge in [-0.25, -0.2) is 4.98 Å². The molecular formula is C22H26N4O. The molecule has 0 radical (unpaired) electrons. The zero-order valence-electron chi connectivity index (χ0n) is 16.6. The highest BCUT2D eigenvalue weighted by Crippen LogP contribution is 2.30. The predicted octanol–water partition coefficient (Wildman–Crippen LogP) is 5.31. The van der Waals surface area contributed by atoms with Crippen molar-refractivity contribution in [3.05, 3.63) is 65.4 Å². The van der Waals surface area contributed by atoms with Gasteiger partial charge in [-0.15, -0.1) is 0 Å². The fraction of sp³-hybridized carbons (Fsp3) is 0.273. The van der Waals surface area contributed by atoms with E-state index in [4.69, 9.17) is 9.72 Å². The van der Waals surface area contributed by atoms with Crippen molar-refractivity contribution in [3.8, 4) is 5.75 Å². The van der Waals surface area contributed by atoms with Crippen molar-refractivity contribution in [1.82, 2.24) is 9.97 Å². The number of aryl methyl sites for hydroxylation is 3. The van der Waals surface area contributed by atoms with E-state index in [1.165, 1.54) is 5.56 Å². The fourth-order valence-electron chi connectivity index (χ4n) is 3.06. The van der Waals surface area contributed by atoms with Crippen LogP contribution in [0.1, 0.15) is 23.7 Å². The molecule has 0 unspecified atom stereocenters.